The van der Waals surface area contributed by atoms with Gasteiger partial charge in [-0.3, -0.25) is 0 Å². The van der Waals surface area contributed by atoms with E-state index in [-0.39, 0.29) is 0 Å². The number of hydrogen-bond donors (Lipinski definition) is 0. The Hall–Kier alpha value is -7.57. The van der Waals surface area contributed by atoms with Crippen molar-refractivity contribution in [1.82, 2.24) is 15.0 Å². The number of furan rings is 3. The fourth-order valence-electron chi connectivity index (χ4n) is 8.27. The molecule has 0 fully saturated rings. The van der Waals surface area contributed by atoms with Gasteiger partial charge in [0.05, 0.1) is 0 Å². The Morgan fingerprint density at radius 3 is 1.58 bits per heavy atom. The Labute approximate surface area is 312 Å². The topological polar surface area (TPSA) is 78.1 Å². The second-order valence-electron chi connectivity index (χ2n) is 13.9. The third-order valence-electron chi connectivity index (χ3n) is 10.7. The van der Waals surface area contributed by atoms with Gasteiger partial charge in [-0.05, 0) is 52.7 Å². The Kier molecular flexibility index (Phi) is 6.24. The minimum absolute atomic E-state index is 0.551. The molecule has 0 atom stereocenters. The molecule has 4 aromatic heterocycles. The minimum atomic E-state index is 0.551. The predicted molar refractivity (Wildman–Crippen MR) is 221 cm³/mol. The molecule has 0 radical (unpaired) electrons. The van der Waals surface area contributed by atoms with E-state index in [1.165, 1.54) is 0 Å². The molecule has 12 aromatic rings. The summed E-state index contributed by atoms with van der Waals surface area (Å²) in [5, 5.41) is 8.25. The van der Waals surface area contributed by atoms with E-state index >= 15 is 0 Å². The fourth-order valence-corrected chi connectivity index (χ4v) is 8.27. The molecule has 0 aliphatic rings. The van der Waals surface area contributed by atoms with Crippen LogP contribution in [0.4, 0.5) is 0 Å². The SMILES string of the molecule is c1ccc(-c2cccc3c2oc2cccc(-c4nc(-c5ccc6ccc7oc8ccccc8c7c6c5)nc(-c5cccc6oc7ccccc7c56)n4)c23)cc1. The molecule has 8 aromatic carbocycles. The third kappa shape index (κ3) is 4.52. The third-order valence-corrected chi connectivity index (χ3v) is 10.7. The van der Waals surface area contributed by atoms with Crippen molar-refractivity contribution in [3.8, 4) is 45.3 Å². The van der Waals surface area contributed by atoms with Crippen LogP contribution in [-0.4, -0.2) is 15.0 Å². The first-order chi connectivity index (χ1) is 27.2. The smallest absolute Gasteiger partial charge is 0.164 e. The molecule has 0 bridgehead atoms. The highest BCUT2D eigenvalue weighted by molar-refractivity contribution is 6.19. The fraction of sp³-hybridized carbons (Fsp3) is 0. The lowest BCUT2D eigenvalue weighted by molar-refractivity contribution is 0.668. The van der Waals surface area contributed by atoms with Gasteiger partial charge in [0.1, 0.15) is 33.5 Å². The van der Waals surface area contributed by atoms with Crippen molar-refractivity contribution in [2.45, 2.75) is 0 Å². The number of aromatic nitrogens is 3. The van der Waals surface area contributed by atoms with Crippen LogP contribution >= 0.6 is 0 Å². The van der Waals surface area contributed by atoms with E-state index < -0.39 is 0 Å². The van der Waals surface area contributed by atoms with Gasteiger partial charge >= 0.3 is 0 Å². The average Bonchev–Trinajstić information content (AvgIpc) is 3.95. The van der Waals surface area contributed by atoms with Crippen molar-refractivity contribution in [2.75, 3.05) is 0 Å². The van der Waals surface area contributed by atoms with Gasteiger partial charge in [0.25, 0.3) is 0 Å². The average molecular weight is 706 g/mol. The van der Waals surface area contributed by atoms with Gasteiger partial charge in [-0.1, -0.05) is 127 Å². The maximum absolute atomic E-state index is 6.65. The molecule has 12 rings (SSSR count). The number of rotatable bonds is 4. The van der Waals surface area contributed by atoms with E-state index in [2.05, 4.69) is 78.9 Å². The lowest BCUT2D eigenvalue weighted by Crippen LogP contribution is -2.00. The van der Waals surface area contributed by atoms with Gasteiger partial charge in [-0.15, -0.1) is 0 Å². The van der Waals surface area contributed by atoms with E-state index in [1.807, 2.05) is 84.9 Å². The zero-order valence-corrected chi connectivity index (χ0v) is 29.2. The van der Waals surface area contributed by atoms with E-state index in [4.69, 9.17) is 28.2 Å². The first-order valence-electron chi connectivity index (χ1n) is 18.3. The molecule has 0 saturated heterocycles. The summed E-state index contributed by atoms with van der Waals surface area (Å²) < 4.78 is 19.2. The Bertz CT molecular complexity index is 3500. The van der Waals surface area contributed by atoms with Gasteiger partial charge in [-0.25, -0.2) is 15.0 Å². The van der Waals surface area contributed by atoms with Crippen molar-refractivity contribution < 1.29 is 13.3 Å². The predicted octanol–water partition coefficient (Wildman–Crippen LogP) is 13.4. The first kappa shape index (κ1) is 29.9. The summed E-state index contributed by atoms with van der Waals surface area (Å²) in [5.74, 6) is 1.67. The van der Waals surface area contributed by atoms with Crippen LogP contribution in [0, 0.1) is 0 Å². The molecule has 0 N–H and O–H groups in total. The molecular weight excluding hydrogens is 679 g/mol. The molecule has 256 valence electrons. The summed E-state index contributed by atoms with van der Waals surface area (Å²) in [4.78, 5) is 15.8. The lowest BCUT2D eigenvalue weighted by atomic mass is 10.00. The largest absolute Gasteiger partial charge is 0.456 e. The molecule has 0 unspecified atom stereocenters. The van der Waals surface area contributed by atoms with Crippen LogP contribution in [0.15, 0.2) is 177 Å². The van der Waals surface area contributed by atoms with E-state index in [0.717, 1.165) is 104 Å². The number of nitrogens with zero attached hydrogens (tertiary/aromatic N) is 3. The monoisotopic (exact) mass is 705 g/mol. The number of fused-ring (bicyclic) bond motifs is 11. The summed E-state index contributed by atoms with van der Waals surface area (Å²) >= 11 is 0. The molecule has 0 saturated carbocycles. The Balaban J connectivity index is 1.15. The van der Waals surface area contributed by atoms with Crippen molar-refractivity contribution >= 4 is 76.6 Å². The molecule has 0 aliphatic heterocycles. The zero-order chi connectivity index (χ0) is 36.0. The van der Waals surface area contributed by atoms with Crippen molar-refractivity contribution in [3.63, 3.8) is 0 Å². The summed E-state index contributed by atoms with van der Waals surface area (Å²) in [6, 6.07) is 55.6. The van der Waals surface area contributed by atoms with Crippen LogP contribution in [0.25, 0.3) is 122 Å². The van der Waals surface area contributed by atoms with Crippen LogP contribution in [0.2, 0.25) is 0 Å². The van der Waals surface area contributed by atoms with Crippen LogP contribution in [0.1, 0.15) is 0 Å². The van der Waals surface area contributed by atoms with Gasteiger partial charge in [-0.2, -0.15) is 0 Å². The highest BCUT2D eigenvalue weighted by Crippen LogP contribution is 2.42. The Morgan fingerprint density at radius 2 is 0.836 bits per heavy atom. The molecular formula is C49H27N3O3. The van der Waals surface area contributed by atoms with Gasteiger partial charge < -0.3 is 13.3 Å². The summed E-state index contributed by atoms with van der Waals surface area (Å²) in [5.41, 5.74) is 9.61. The first-order valence-corrected chi connectivity index (χ1v) is 18.3. The number of hydrogen-bond acceptors (Lipinski definition) is 6. The van der Waals surface area contributed by atoms with Crippen LogP contribution in [0.3, 0.4) is 0 Å². The Morgan fingerprint density at radius 1 is 0.309 bits per heavy atom. The maximum Gasteiger partial charge on any atom is 0.164 e. The molecule has 0 amide bonds. The zero-order valence-electron chi connectivity index (χ0n) is 29.2. The van der Waals surface area contributed by atoms with Crippen molar-refractivity contribution in [2.24, 2.45) is 0 Å². The van der Waals surface area contributed by atoms with Crippen molar-refractivity contribution in [3.05, 3.63) is 164 Å². The molecule has 6 heteroatoms. The number of benzene rings is 8. The summed E-state index contributed by atoms with van der Waals surface area (Å²) in [6.07, 6.45) is 0. The molecule has 55 heavy (non-hydrogen) atoms. The second-order valence-corrected chi connectivity index (χ2v) is 13.9. The van der Waals surface area contributed by atoms with Crippen LogP contribution in [0.5, 0.6) is 0 Å². The van der Waals surface area contributed by atoms with Crippen molar-refractivity contribution in [1.29, 1.82) is 0 Å². The standard InChI is InChI=1S/C49H27N3O3/c1-2-11-28(12-3-1)31-15-8-16-34-45-36(18-10-22-41(45)55-46(31)34)49-51-47(50-48(52-49)35-17-9-21-40-43(35)32-13-4-6-19-38(32)53-40)30-24-23-29-25-26-42-44(37(29)27-30)33-14-5-7-20-39(33)54-42/h1-27H. The van der Waals surface area contributed by atoms with Gasteiger partial charge in [0, 0.05) is 54.6 Å². The van der Waals surface area contributed by atoms with E-state index in [1.54, 1.807) is 0 Å². The highest BCUT2D eigenvalue weighted by Gasteiger charge is 2.22. The highest BCUT2D eigenvalue weighted by atomic mass is 16.3. The number of para-hydroxylation sites is 3. The summed E-state index contributed by atoms with van der Waals surface area (Å²) in [6.45, 7) is 0. The van der Waals surface area contributed by atoms with Gasteiger partial charge in [0.15, 0.2) is 17.5 Å². The summed E-state index contributed by atoms with van der Waals surface area (Å²) in [7, 11) is 0. The van der Waals surface area contributed by atoms with E-state index in [0.29, 0.717) is 17.5 Å². The van der Waals surface area contributed by atoms with E-state index in [9.17, 15) is 0 Å². The normalized spacial score (nSPS) is 12.0. The quantitative estimate of drug-likeness (QED) is 0.181. The molecule has 4 heterocycles. The van der Waals surface area contributed by atoms with Crippen LogP contribution < -0.4 is 0 Å². The van der Waals surface area contributed by atoms with Crippen LogP contribution in [-0.2, 0) is 0 Å². The molecule has 0 aliphatic carbocycles. The van der Waals surface area contributed by atoms with Gasteiger partial charge in [0.2, 0.25) is 0 Å². The lowest BCUT2D eigenvalue weighted by Gasteiger charge is -2.11. The molecule has 0 spiro atoms. The second kappa shape index (κ2) is 11.5. The molecule has 6 nitrogen and oxygen atoms in total. The maximum atomic E-state index is 6.65. The minimum Gasteiger partial charge on any atom is -0.456 e.